The van der Waals surface area contributed by atoms with E-state index in [2.05, 4.69) is 29.4 Å². The SMILES string of the molecule is CNC(c1ccccc1Cl)C1CSCCN1C. The lowest BCUT2D eigenvalue weighted by atomic mass is 9.99. The summed E-state index contributed by atoms with van der Waals surface area (Å²) in [4.78, 5) is 2.43. The molecule has 2 unspecified atom stereocenters. The van der Waals surface area contributed by atoms with Gasteiger partial charge in [-0.05, 0) is 25.7 Å². The van der Waals surface area contributed by atoms with Crippen LogP contribution in [0.1, 0.15) is 11.6 Å². The van der Waals surface area contributed by atoms with Gasteiger partial charge in [-0.3, -0.25) is 4.90 Å². The van der Waals surface area contributed by atoms with Crippen LogP contribution in [0.3, 0.4) is 0 Å². The molecule has 1 aliphatic heterocycles. The van der Waals surface area contributed by atoms with Crippen molar-refractivity contribution in [2.45, 2.75) is 12.1 Å². The van der Waals surface area contributed by atoms with Crippen molar-refractivity contribution >= 4 is 23.4 Å². The fourth-order valence-corrected chi connectivity index (χ4v) is 3.86. The predicted octanol–water partition coefficient (Wildman–Crippen LogP) is 2.65. The van der Waals surface area contributed by atoms with E-state index in [9.17, 15) is 0 Å². The molecule has 1 saturated heterocycles. The van der Waals surface area contributed by atoms with Crippen LogP contribution in [0.15, 0.2) is 24.3 Å². The molecule has 1 heterocycles. The van der Waals surface area contributed by atoms with Crippen molar-refractivity contribution in [3.63, 3.8) is 0 Å². The Hall–Kier alpha value is -0.220. The first kappa shape index (κ1) is 13.2. The second-order valence-electron chi connectivity index (χ2n) is 4.41. The molecule has 0 radical (unpaired) electrons. The molecule has 0 bridgehead atoms. The maximum Gasteiger partial charge on any atom is 0.0498 e. The van der Waals surface area contributed by atoms with Crippen LogP contribution in [0.25, 0.3) is 0 Å². The van der Waals surface area contributed by atoms with Gasteiger partial charge in [-0.2, -0.15) is 11.8 Å². The summed E-state index contributed by atoms with van der Waals surface area (Å²) in [6.45, 7) is 1.15. The van der Waals surface area contributed by atoms with Crippen LogP contribution in [-0.2, 0) is 0 Å². The fourth-order valence-electron chi connectivity index (χ4n) is 2.34. The van der Waals surface area contributed by atoms with Crippen LogP contribution < -0.4 is 5.32 Å². The quantitative estimate of drug-likeness (QED) is 0.909. The Labute approximate surface area is 113 Å². The molecule has 1 aromatic carbocycles. The first-order valence-corrected chi connectivity index (χ1v) is 7.47. The van der Waals surface area contributed by atoms with E-state index in [1.165, 1.54) is 11.3 Å². The molecule has 1 N–H and O–H groups in total. The highest BCUT2D eigenvalue weighted by Gasteiger charge is 2.29. The Morgan fingerprint density at radius 1 is 1.47 bits per heavy atom. The first-order chi connectivity index (χ1) is 8.24. The van der Waals surface area contributed by atoms with Gasteiger partial charge < -0.3 is 5.32 Å². The molecule has 0 amide bonds. The molecule has 4 heteroatoms. The normalized spacial score (nSPS) is 23.6. The zero-order chi connectivity index (χ0) is 12.3. The van der Waals surface area contributed by atoms with Crippen molar-refractivity contribution in [3.05, 3.63) is 34.9 Å². The van der Waals surface area contributed by atoms with E-state index in [1.807, 2.05) is 30.9 Å². The first-order valence-electron chi connectivity index (χ1n) is 5.93. The van der Waals surface area contributed by atoms with Crippen LogP contribution in [0.5, 0.6) is 0 Å². The van der Waals surface area contributed by atoms with Gasteiger partial charge in [0, 0.05) is 35.2 Å². The molecule has 2 rings (SSSR count). The van der Waals surface area contributed by atoms with Gasteiger partial charge in [0.2, 0.25) is 0 Å². The molecule has 2 nitrogen and oxygen atoms in total. The van der Waals surface area contributed by atoms with Crippen LogP contribution in [0.4, 0.5) is 0 Å². The lowest BCUT2D eigenvalue weighted by molar-refractivity contribution is 0.221. The van der Waals surface area contributed by atoms with Gasteiger partial charge in [-0.1, -0.05) is 29.8 Å². The topological polar surface area (TPSA) is 15.3 Å². The summed E-state index contributed by atoms with van der Waals surface area (Å²) in [5, 5.41) is 4.28. The molecule has 0 spiro atoms. The largest absolute Gasteiger partial charge is 0.312 e. The lowest BCUT2D eigenvalue weighted by Gasteiger charge is -2.38. The number of nitrogens with zero attached hydrogens (tertiary/aromatic N) is 1. The van der Waals surface area contributed by atoms with Crippen LogP contribution >= 0.6 is 23.4 Å². The van der Waals surface area contributed by atoms with Crippen LogP contribution in [0, 0.1) is 0 Å². The molecule has 17 heavy (non-hydrogen) atoms. The number of thioether (sulfide) groups is 1. The summed E-state index contributed by atoms with van der Waals surface area (Å²) in [6.07, 6.45) is 0. The van der Waals surface area contributed by atoms with Gasteiger partial charge in [0.25, 0.3) is 0 Å². The van der Waals surface area contributed by atoms with E-state index in [-0.39, 0.29) is 0 Å². The monoisotopic (exact) mass is 270 g/mol. The van der Waals surface area contributed by atoms with Crippen molar-refractivity contribution in [2.24, 2.45) is 0 Å². The molecule has 94 valence electrons. The third-order valence-corrected chi connectivity index (χ3v) is 4.77. The molecular weight excluding hydrogens is 252 g/mol. The molecular formula is C13H19ClN2S. The van der Waals surface area contributed by atoms with E-state index in [0.717, 1.165) is 17.3 Å². The minimum Gasteiger partial charge on any atom is -0.312 e. The van der Waals surface area contributed by atoms with E-state index < -0.39 is 0 Å². The Kier molecular flexibility index (Phi) is 4.74. The van der Waals surface area contributed by atoms with Crippen LogP contribution in [-0.4, -0.2) is 43.1 Å². The number of hydrogen-bond donors (Lipinski definition) is 1. The van der Waals surface area contributed by atoms with E-state index in [0.29, 0.717) is 12.1 Å². The maximum absolute atomic E-state index is 6.30. The zero-order valence-corrected chi connectivity index (χ0v) is 11.9. The van der Waals surface area contributed by atoms with Crippen molar-refractivity contribution in [1.29, 1.82) is 0 Å². The number of likely N-dealkylation sites (N-methyl/N-ethyl adjacent to an activating group) is 2. The summed E-state index contributed by atoms with van der Waals surface area (Å²) >= 11 is 8.33. The van der Waals surface area contributed by atoms with Crippen molar-refractivity contribution in [3.8, 4) is 0 Å². The average molecular weight is 271 g/mol. The number of halogens is 1. The molecule has 0 aromatic heterocycles. The smallest absolute Gasteiger partial charge is 0.0498 e. The Balaban J connectivity index is 2.23. The molecule has 1 aliphatic rings. The van der Waals surface area contributed by atoms with Gasteiger partial charge in [-0.25, -0.2) is 0 Å². The summed E-state index contributed by atoms with van der Waals surface area (Å²) in [6, 6.07) is 8.95. The third kappa shape index (κ3) is 2.97. The fraction of sp³-hybridized carbons (Fsp3) is 0.538. The van der Waals surface area contributed by atoms with E-state index in [4.69, 9.17) is 11.6 Å². The second-order valence-corrected chi connectivity index (χ2v) is 5.97. The second kappa shape index (κ2) is 6.10. The average Bonchev–Trinajstić information content (AvgIpc) is 2.34. The Morgan fingerprint density at radius 3 is 2.88 bits per heavy atom. The zero-order valence-electron chi connectivity index (χ0n) is 10.3. The standard InChI is InChI=1S/C13H19ClN2S/c1-15-13(10-5-3-4-6-11(10)14)12-9-17-8-7-16(12)2/h3-6,12-13,15H,7-9H2,1-2H3. The summed E-state index contributed by atoms with van der Waals surface area (Å²) in [5.41, 5.74) is 1.20. The van der Waals surface area contributed by atoms with E-state index in [1.54, 1.807) is 0 Å². The number of rotatable bonds is 3. The van der Waals surface area contributed by atoms with Gasteiger partial charge in [-0.15, -0.1) is 0 Å². The van der Waals surface area contributed by atoms with Gasteiger partial charge in [0.05, 0.1) is 0 Å². The van der Waals surface area contributed by atoms with Crippen molar-refractivity contribution in [1.82, 2.24) is 10.2 Å². The summed E-state index contributed by atoms with van der Waals surface area (Å²) < 4.78 is 0. The molecule has 2 atom stereocenters. The molecule has 0 saturated carbocycles. The van der Waals surface area contributed by atoms with Gasteiger partial charge in [0.1, 0.15) is 0 Å². The number of benzene rings is 1. The minimum atomic E-state index is 0.307. The predicted molar refractivity (Wildman–Crippen MR) is 77.0 cm³/mol. The highest BCUT2D eigenvalue weighted by molar-refractivity contribution is 7.99. The number of nitrogens with one attached hydrogen (secondary N) is 1. The maximum atomic E-state index is 6.30. The summed E-state index contributed by atoms with van der Waals surface area (Å²) in [7, 11) is 4.21. The Bertz CT molecular complexity index is 372. The van der Waals surface area contributed by atoms with Crippen molar-refractivity contribution < 1.29 is 0 Å². The summed E-state index contributed by atoms with van der Waals surface area (Å²) in [5.74, 6) is 2.39. The van der Waals surface area contributed by atoms with Gasteiger partial charge in [0.15, 0.2) is 0 Å². The van der Waals surface area contributed by atoms with Crippen LogP contribution in [0.2, 0.25) is 5.02 Å². The lowest BCUT2D eigenvalue weighted by Crippen LogP contribution is -2.47. The number of hydrogen-bond acceptors (Lipinski definition) is 3. The minimum absolute atomic E-state index is 0.307. The van der Waals surface area contributed by atoms with E-state index >= 15 is 0 Å². The molecule has 1 aromatic rings. The third-order valence-electron chi connectivity index (χ3n) is 3.38. The molecule has 1 fully saturated rings. The van der Waals surface area contributed by atoms with Crippen molar-refractivity contribution in [2.75, 3.05) is 32.1 Å². The molecule has 0 aliphatic carbocycles. The Morgan fingerprint density at radius 2 is 2.24 bits per heavy atom. The van der Waals surface area contributed by atoms with Gasteiger partial charge >= 0.3 is 0 Å². The highest BCUT2D eigenvalue weighted by Crippen LogP contribution is 2.30. The highest BCUT2D eigenvalue weighted by atomic mass is 35.5.